The second-order valence-corrected chi connectivity index (χ2v) is 10.2. The van der Waals surface area contributed by atoms with E-state index in [1.54, 1.807) is 6.04 Å². The Morgan fingerprint density at radius 2 is 1.38 bits per heavy atom. The number of hydrogen-bond acceptors (Lipinski definition) is 0. The highest BCUT2D eigenvalue weighted by Gasteiger charge is 2.26. The fraction of sp³-hybridized carbons (Fsp3) is 1.00. The maximum absolute atomic E-state index is 2.41. The van der Waals surface area contributed by atoms with Crippen LogP contribution in [0, 0.1) is 5.92 Å². The Balaban J connectivity index is 3.95. The molecule has 0 fully saturated rings. The van der Waals surface area contributed by atoms with Gasteiger partial charge < -0.3 is 0 Å². The molecule has 0 aliphatic rings. The largest absolute Gasteiger partial charge is 0.0678 e. The first-order valence-electron chi connectivity index (χ1n) is 6.14. The van der Waals surface area contributed by atoms with Gasteiger partial charge in [-0.15, -0.1) is 0 Å². The second kappa shape index (κ2) is 6.64. The van der Waals surface area contributed by atoms with Crippen LogP contribution in [0.3, 0.4) is 0 Å². The molecule has 13 heavy (non-hydrogen) atoms. The van der Waals surface area contributed by atoms with E-state index in [2.05, 4.69) is 34.6 Å². The first-order valence-corrected chi connectivity index (χ1v) is 8.96. The predicted octanol–water partition coefficient (Wildman–Crippen LogP) is 4.93. The fourth-order valence-corrected chi connectivity index (χ4v) is 5.70. The summed E-state index contributed by atoms with van der Waals surface area (Å²) in [5.41, 5.74) is 0. The van der Waals surface area contributed by atoms with Crippen molar-refractivity contribution in [2.75, 3.05) is 0 Å². The molecule has 0 N–H and O–H groups in total. The molecule has 80 valence electrons. The van der Waals surface area contributed by atoms with E-state index in [9.17, 15) is 0 Å². The van der Waals surface area contributed by atoms with E-state index in [-0.39, 0.29) is 0 Å². The van der Waals surface area contributed by atoms with Crippen LogP contribution in [0.2, 0.25) is 24.2 Å². The highest BCUT2D eigenvalue weighted by molar-refractivity contribution is 6.79. The molecular weight excluding hydrogens is 172 g/mol. The standard InChI is InChI=1S/C12H28Si/c1-6-12(5)10-11-13(7-2,8-3)9-4/h12H,6-11H2,1-5H3. The topological polar surface area (TPSA) is 0 Å². The van der Waals surface area contributed by atoms with E-state index < -0.39 is 8.07 Å². The SMILES string of the molecule is CCC(C)CC[Si](CC)(CC)CC. The molecule has 1 unspecified atom stereocenters. The van der Waals surface area contributed by atoms with Gasteiger partial charge in [-0.25, -0.2) is 0 Å². The second-order valence-electron chi connectivity index (χ2n) is 4.61. The normalized spacial score (nSPS) is 14.5. The Morgan fingerprint density at radius 1 is 0.923 bits per heavy atom. The Morgan fingerprint density at radius 3 is 1.69 bits per heavy atom. The smallest absolute Gasteiger partial charge is 0.0527 e. The van der Waals surface area contributed by atoms with Gasteiger partial charge >= 0.3 is 0 Å². The van der Waals surface area contributed by atoms with Crippen LogP contribution >= 0.6 is 0 Å². The zero-order valence-electron chi connectivity index (χ0n) is 10.3. The van der Waals surface area contributed by atoms with Gasteiger partial charge in [0.15, 0.2) is 0 Å². The minimum atomic E-state index is -0.796. The van der Waals surface area contributed by atoms with Crippen molar-refractivity contribution in [2.45, 2.75) is 71.6 Å². The monoisotopic (exact) mass is 200 g/mol. The molecule has 0 saturated carbocycles. The third-order valence-electron chi connectivity index (χ3n) is 4.11. The zero-order chi connectivity index (χ0) is 10.3. The minimum absolute atomic E-state index is 0.796. The van der Waals surface area contributed by atoms with Gasteiger partial charge in [0.2, 0.25) is 0 Å². The fourth-order valence-electron chi connectivity index (χ4n) is 2.04. The van der Waals surface area contributed by atoms with Crippen LogP contribution in [-0.2, 0) is 0 Å². The predicted molar refractivity (Wildman–Crippen MR) is 66.1 cm³/mol. The van der Waals surface area contributed by atoms with Gasteiger partial charge in [0, 0.05) is 0 Å². The molecule has 0 bridgehead atoms. The van der Waals surface area contributed by atoms with Gasteiger partial charge in [-0.05, 0) is 5.92 Å². The third-order valence-corrected chi connectivity index (χ3v) is 9.96. The summed E-state index contributed by atoms with van der Waals surface area (Å²) in [6, 6.07) is 6.06. The van der Waals surface area contributed by atoms with Crippen LogP contribution in [0.4, 0.5) is 0 Å². The Kier molecular flexibility index (Phi) is 6.75. The number of rotatable bonds is 7. The Bertz CT molecular complexity index is 108. The Labute approximate surface area is 86.1 Å². The molecule has 0 amide bonds. The summed E-state index contributed by atoms with van der Waals surface area (Å²) in [6.45, 7) is 12.0. The zero-order valence-corrected chi connectivity index (χ0v) is 11.3. The lowest BCUT2D eigenvalue weighted by Gasteiger charge is -2.29. The maximum atomic E-state index is 2.41. The summed E-state index contributed by atoms with van der Waals surface area (Å²) in [4.78, 5) is 0. The summed E-state index contributed by atoms with van der Waals surface area (Å²) in [5, 5.41) is 0. The molecule has 0 aromatic rings. The first-order chi connectivity index (χ1) is 6.14. The van der Waals surface area contributed by atoms with Crippen LogP contribution in [0.15, 0.2) is 0 Å². The van der Waals surface area contributed by atoms with Crippen molar-refractivity contribution in [2.24, 2.45) is 5.92 Å². The molecule has 0 rings (SSSR count). The van der Waals surface area contributed by atoms with Gasteiger partial charge in [-0.3, -0.25) is 0 Å². The molecule has 1 atom stereocenters. The molecule has 0 aliphatic carbocycles. The van der Waals surface area contributed by atoms with Crippen molar-refractivity contribution < 1.29 is 0 Å². The van der Waals surface area contributed by atoms with Crippen molar-refractivity contribution in [3.8, 4) is 0 Å². The molecule has 0 spiro atoms. The van der Waals surface area contributed by atoms with Crippen molar-refractivity contribution in [1.82, 2.24) is 0 Å². The van der Waals surface area contributed by atoms with Crippen molar-refractivity contribution >= 4 is 8.07 Å². The molecule has 0 aliphatic heterocycles. The maximum Gasteiger partial charge on any atom is 0.0527 e. The molecule has 0 nitrogen and oxygen atoms in total. The number of hydrogen-bond donors (Lipinski definition) is 0. The minimum Gasteiger partial charge on any atom is -0.0678 e. The molecule has 0 aromatic heterocycles. The van der Waals surface area contributed by atoms with Gasteiger partial charge in [0.25, 0.3) is 0 Å². The average Bonchev–Trinajstić information content (AvgIpc) is 2.20. The quantitative estimate of drug-likeness (QED) is 0.511. The van der Waals surface area contributed by atoms with Crippen molar-refractivity contribution in [1.29, 1.82) is 0 Å². The lowest BCUT2D eigenvalue weighted by atomic mass is 10.1. The Hall–Kier alpha value is 0.217. The third kappa shape index (κ3) is 4.30. The van der Waals surface area contributed by atoms with E-state index in [1.807, 2.05) is 0 Å². The van der Waals surface area contributed by atoms with E-state index in [4.69, 9.17) is 0 Å². The lowest BCUT2D eigenvalue weighted by molar-refractivity contribution is 0.538. The van der Waals surface area contributed by atoms with Gasteiger partial charge in [0.1, 0.15) is 0 Å². The van der Waals surface area contributed by atoms with E-state index in [1.165, 1.54) is 31.0 Å². The van der Waals surface area contributed by atoms with Gasteiger partial charge in [-0.2, -0.15) is 0 Å². The van der Waals surface area contributed by atoms with Gasteiger partial charge in [-0.1, -0.05) is 71.6 Å². The molecular formula is C12H28Si. The first kappa shape index (κ1) is 13.2. The van der Waals surface area contributed by atoms with E-state index in [0.29, 0.717) is 0 Å². The summed E-state index contributed by atoms with van der Waals surface area (Å²) < 4.78 is 0. The molecule has 1 heteroatoms. The van der Waals surface area contributed by atoms with Crippen LogP contribution in [0.5, 0.6) is 0 Å². The van der Waals surface area contributed by atoms with Crippen LogP contribution in [0.25, 0.3) is 0 Å². The molecule has 0 aromatic carbocycles. The molecule has 0 saturated heterocycles. The van der Waals surface area contributed by atoms with Crippen LogP contribution in [-0.4, -0.2) is 8.07 Å². The van der Waals surface area contributed by atoms with Crippen LogP contribution < -0.4 is 0 Å². The van der Waals surface area contributed by atoms with Crippen molar-refractivity contribution in [3.05, 3.63) is 0 Å². The molecule has 0 radical (unpaired) electrons. The highest BCUT2D eigenvalue weighted by Crippen LogP contribution is 2.28. The summed E-state index contributed by atoms with van der Waals surface area (Å²) in [5.74, 6) is 0.955. The van der Waals surface area contributed by atoms with E-state index in [0.717, 1.165) is 5.92 Å². The summed E-state index contributed by atoms with van der Waals surface area (Å²) in [6.07, 6.45) is 2.85. The summed E-state index contributed by atoms with van der Waals surface area (Å²) in [7, 11) is -0.796. The molecule has 0 heterocycles. The lowest BCUT2D eigenvalue weighted by Crippen LogP contribution is -2.31. The highest BCUT2D eigenvalue weighted by atomic mass is 28.3. The van der Waals surface area contributed by atoms with E-state index >= 15 is 0 Å². The van der Waals surface area contributed by atoms with Crippen LogP contribution in [0.1, 0.15) is 47.5 Å². The summed E-state index contributed by atoms with van der Waals surface area (Å²) >= 11 is 0. The average molecular weight is 200 g/mol. The van der Waals surface area contributed by atoms with Gasteiger partial charge in [0.05, 0.1) is 8.07 Å². The van der Waals surface area contributed by atoms with Crippen molar-refractivity contribution in [3.63, 3.8) is 0 Å².